The van der Waals surface area contributed by atoms with E-state index in [2.05, 4.69) is 0 Å². The topological polar surface area (TPSA) is 17.1 Å². The van der Waals surface area contributed by atoms with Crippen molar-refractivity contribution in [1.29, 1.82) is 0 Å². The molecule has 56 valence electrons. The van der Waals surface area contributed by atoms with Crippen molar-refractivity contribution in [3.63, 3.8) is 0 Å². The third-order valence-corrected chi connectivity index (χ3v) is 2.99. The number of Topliss-reactive ketones (excluding diaryl/α,β-unsaturated/α-hetero) is 1. The van der Waals surface area contributed by atoms with Crippen LogP contribution < -0.4 is 0 Å². The van der Waals surface area contributed by atoms with Crippen LogP contribution in [0.4, 0.5) is 0 Å². The van der Waals surface area contributed by atoms with E-state index >= 15 is 0 Å². The second kappa shape index (κ2) is 2.54. The fraction of sp³-hybridized carbons (Fsp3) is 0.125. The molecule has 0 aromatic heterocycles. The molecule has 0 saturated carbocycles. The Kier molecular flexibility index (Phi) is 1.66. The first-order valence-corrected chi connectivity index (χ1v) is 4.60. The van der Waals surface area contributed by atoms with Gasteiger partial charge >= 0.3 is 0 Å². The van der Waals surface area contributed by atoms with Gasteiger partial charge in [-0.15, -0.1) is 11.8 Å². The first-order chi connectivity index (χ1) is 5.29. The van der Waals surface area contributed by atoms with Crippen LogP contribution in [0.3, 0.4) is 0 Å². The van der Waals surface area contributed by atoms with Crippen molar-refractivity contribution in [3.8, 4) is 0 Å². The highest BCUT2D eigenvalue weighted by molar-refractivity contribution is 8.00. The van der Waals surface area contributed by atoms with Gasteiger partial charge in [0.2, 0.25) is 0 Å². The number of thioether (sulfide) groups is 1. The Hall–Kier alpha value is -0.470. The summed E-state index contributed by atoms with van der Waals surface area (Å²) < 4.78 is 0. The fourth-order valence-corrected chi connectivity index (χ4v) is 2.42. The summed E-state index contributed by atoms with van der Waals surface area (Å²) in [6, 6.07) is 5.55. The lowest BCUT2D eigenvalue weighted by molar-refractivity contribution is 0.102. The lowest BCUT2D eigenvalue weighted by atomic mass is 10.1. The van der Waals surface area contributed by atoms with Gasteiger partial charge in [0.1, 0.15) is 0 Å². The van der Waals surface area contributed by atoms with E-state index < -0.39 is 0 Å². The van der Waals surface area contributed by atoms with Crippen molar-refractivity contribution in [2.45, 2.75) is 4.90 Å². The van der Waals surface area contributed by atoms with Gasteiger partial charge in [-0.25, -0.2) is 0 Å². The van der Waals surface area contributed by atoms with Crippen LogP contribution in [0.5, 0.6) is 0 Å². The van der Waals surface area contributed by atoms with Crippen LogP contribution in [0, 0.1) is 0 Å². The van der Waals surface area contributed by atoms with Gasteiger partial charge in [-0.3, -0.25) is 4.79 Å². The summed E-state index contributed by atoms with van der Waals surface area (Å²) in [5.74, 6) is 0.689. The second-order valence-corrected chi connectivity index (χ2v) is 3.75. The Morgan fingerprint density at radius 2 is 2.27 bits per heavy atom. The number of benzene rings is 1. The molecule has 0 unspecified atom stereocenters. The highest BCUT2D eigenvalue weighted by Gasteiger charge is 2.22. The van der Waals surface area contributed by atoms with Gasteiger partial charge in [0.15, 0.2) is 5.78 Å². The van der Waals surface area contributed by atoms with Gasteiger partial charge in [-0.1, -0.05) is 17.7 Å². The molecule has 0 radical (unpaired) electrons. The van der Waals surface area contributed by atoms with Gasteiger partial charge in [0.25, 0.3) is 0 Å². The molecular formula is C8H5ClOS. The minimum Gasteiger partial charge on any atom is -0.293 e. The quantitative estimate of drug-likeness (QED) is 0.617. The molecule has 11 heavy (non-hydrogen) atoms. The monoisotopic (exact) mass is 184 g/mol. The molecule has 1 aliphatic heterocycles. The van der Waals surface area contributed by atoms with Crippen molar-refractivity contribution >= 4 is 29.1 Å². The summed E-state index contributed by atoms with van der Waals surface area (Å²) in [5.41, 5.74) is 0.708. The molecule has 0 N–H and O–H groups in total. The predicted molar refractivity (Wildman–Crippen MR) is 46.5 cm³/mol. The predicted octanol–water partition coefficient (Wildman–Crippen LogP) is 2.63. The third-order valence-electron chi connectivity index (χ3n) is 1.61. The number of hydrogen-bond donors (Lipinski definition) is 0. The average molecular weight is 185 g/mol. The zero-order valence-electron chi connectivity index (χ0n) is 5.63. The van der Waals surface area contributed by atoms with Crippen LogP contribution in [-0.2, 0) is 0 Å². The van der Waals surface area contributed by atoms with E-state index in [-0.39, 0.29) is 5.78 Å². The maximum atomic E-state index is 11.2. The highest BCUT2D eigenvalue weighted by atomic mass is 35.5. The first-order valence-electron chi connectivity index (χ1n) is 3.23. The maximum absolute atomic E-state index is 11.2. The number of halogens is 1. The molecule has 0 atom stereocenters. The van der Waals surface area contributed by atoms with Gasteiger partial charge in [0, 0.05) is 4.90 Å². The zero-order valence-corrected chi connectivity index (χ0v) is 7.21. The van der Waals surface area contributed by atoms with Crippen LogP contribution in [0.15, 0.2) is 23.1 Å². The van der Waals surface area contributed by atoms with Crippen molar-refractivity contribution in [3.05, 3.63) is 28.8 Å². The molecule has 3 heteroatoms. The Bertz CT molecular complexity index is 322. The van der Waals surface area contributed by atoms with Crippen LogP contribution in [0.25, 0.3) is 0 Å². The average Bonchev–Trinajstić information content (AvgIpc) is 2.34. The smallest absolute Gasteiger partial charge is 0.175 e. The number of hydrogen-bond acceptors (Lipinski definition) is 2. The Morgan fingerprint density at radius 1 is 1.45 bits per heavy atom. The summed E-state index contributed by atoms with van der Waals surface area (Å²) in [4.78, 5) is 12.2. The summed E-state index contributed by atoms with van der Waals surface area (Å²) >= 11 is 7.39. The number of ketones is 1. The van der Waals surface area contributed by atoms with E-state index in [0.717, 1.165) is 4.90 Å². The molecule has 1 nitrogen and oxygen atoms in total. The molecule has 0 aliphatic carbocycles. The fourth-order valence-electron chi connectivity index (χ4n) is 1.11. The molecule has 0 saturated heterocycles. The standard InChI is InChI=1S/C8H5ClOS/c9-5-2-1-3-7-8(5)6(10)4-11-7/h1-3H,4H2. The van der Waals surface area contributed by atoms with E-state index in [0.29, 0.717) is 16.3 Å². The molecule has 0 spiro atoms. The second-order valence-electron chi connectivity index (χ2n) is 2.32. The van der Waals surface area contributed by atoms with Crippen LogP contribution in [0.1, 0.15) is 10.4 Å². The number of fused-ring (bicyclic) bond motifs is 1. The molecule has 0 fully saturated rings. The number of carbonyl (C=O) groups is 1. The molecule has 1 aromatic carbocycles. The minimum absolute atomic E-state index is 0.149. The SMILES string of the molecule is O=C1CSc2cccc(Cl)c21. The van der Waals surface area contributed by atoms with Crippen molar-refractivity contribution < 1.29 is 4.79 Å². The van der Waals surface area contributed by atoms with Crippen LogP contribution in [-0.4, -0.2) is 11.5 Å². The zero-order chi connectivity index (χ0) is 7.84. The largest absolute Gasteiger partial charge is 0.293 e. The minimum atomic E-state index is 0.149. The molecule has 0 bridgehead atoms. The highest BCUT2D eigenvalue weighted by Crippen LogP contribution is 2.35. The molecule has 1 heterocycles. The first kappa shape index (κ1) is 7.19. The van der Waals surface area contributed by atoms with E-state index in [1.54, 1.807) is 17.8 Å². The molecule has 1 aromatic rings. The lowest BCUT2D eigenvalue weighted by Crippen LogP contribution is -1.95. The normalized spacial score (nSPS) is 15.2. The van der Waals surface area contributed by atoms with Crippen molar-refractivity contribution in [2.24, 2.45) is 0 Å². The van der Waals surface area contributed by atoms with Gasteiger partial charge in [-0.05, 0) is 12.1 Å². The Morgan fingerprint density at radius 3 is 3.00 bits per heavy atom. The third kappa shape index (κ3) is 1.06. The van der Waals surface area contributed by atoms with Gasteiger partial charge < -0.3 is 0 Å². The number of carbonyl (C=O) groups excluding carboxylic acids is 1. The number of rotatable bonds is 0. The van der Waals surface area contributed by atoms with Gasteiger partial charge in [-0.2, -0.15) is 0 Å². The summed E-state index contributed by atoms with van der Waals surface area (Å²) in [5, 5.41) is 0.581. The van der Waals surface area contributed by atoms with E-state index in [4.69, 9.17) is 11.6 Å². The van der Waals surface area contributed by atoms with E-state index in [9.17, 15) is 4.79 Å². The molecule has 1 aliphatic rings. The van der Waals surface area contributed by atoms with Crippen LogP contribution >= 0.6 is 23.4 Å². The lowest BCUT2D eigenvalue weighted by Gasteiger charge is -1.96. The summed E-state index contributed by atoms with van der Waals surface area (Å²) in [7, 11) is 0. The summed E-state index contributed by atoms with van der Waals surface area (Å²) in [6.07, 6.45) is 0. The molecule has 0 amide bonds. The Labute approximate surface area is 73.7 Å². The summed E-state index contributed by atoms with van der Waals surface area (Å²) in [6.45, 7) is 0. The molecule has 2 rings (SSSR count). The van der Waals surface area contributed by atoms with Gasteiger partial charge in [0.05, 0.1) is 16.3 Å². The molecular weight excluding hydrogens is 180 g/mol. The van der Waals surface area contributed by atoms with Crippen molar-refractivity contribution in [1.82, 2.24) is 0 Å². The van der Waals surface area contributed by atoms with E-state index in [1.165, 1.54) is 0 Å². The van der Waals surface area contributed by atoms with Crippen LogP contribution in [0.2, 0.25) is 5.02 Å². The van der Waals surface area contributed by atoms with Crippen molar-refractivity contribution in [2.75, 3.05) is 5.75 Å². The van der Waals surface area contributed by atoms with E-state index in [1.807, 2.05) is 12.1 Å². The Balaban J connectivity index is 2.68. The maximum Gasteiger partial charge on any atom is 0.175 e.